The number of anilines is 1. The number of hydrogen-bond donors (Lipinski definition) is 2. The molecule has 0 aromatic heterocycles. The highest BCUT2D eigenvalue weighted by molar-refractivity contribution is 7.80. The van der Waals surface area contributed by atoms with E-state index in [2.05, 4.69) is 17.6 Å². The molecule has 2 rings (SSSR count). The van der Waals surface area contributed by atoms with E-state index in [0.29, 0.717) is 16.7 Å². The van der Waals surface area contributed by atoms with Gasteiger partial charge in [-0.05, 0) is 62.9 Å². The lowest BCUT2D eigenvalue weighted by atomic mass is 9.87. The summed E-state index contributed by atoms with van der Waals surface area (Å²) in [6.07, 6.45) is 4.88. The second-order valence-corrected chi connectivity index (χ2v) is 6.10. The smallest absolute Gasteiger partial charge is 0.170 e. The molecule has 0 bridgehead atoms. The second-order valence-electron chi connectivity index (χ2n) is 5.69. The van der Waals surface area contributed by atoms with E-state index in [0.717, 1.165) is 11.6 Å². The standard InChI is InChI=1S/C16H22N2OS/c1-11-6-8-14(9-7-11)17-16(20)18-15-5-3-4-13(10-15)12(2)19/h3-5,10-11,14H,6-9H2,1-2H3,(H2,17,18,20). The number of hydrogen-bond acceptors (Lipinski definition) is 2. The van der Waals surface area contributed by atoms with Gasteiger partial charge in [-0.3, -0.25) is 4.79 Å². The lowest BCUT2D eigenvalue weighted by Crippen LogP contribution is -2.39. The van der Waals surface area contributed by atoms with Gasteiger partial charge in [0.05, 0.1) is 0 Å². The Morgan fingerprint density at radius 3 is 2.60 bits per heavy atom. The molecule has 0 radical (unpaired) electrons. The lowest BCUT2D eigenvalue weighted by Gasteiger charge is -2.28. The first-order chi connectivity index (χ1) is 9.54. The Kier molecular flexibility index (Phi) is 5.12. The topological polar surface area (TPSA) is 41.1 Å². The predicted octanol–water partition coefficient (Wildman–Crippen LogP) is 3.75. The first-order valence-electron chi connectivity index (χ1n) is 7.23. The molecule has 2 N–H and O–H groups in total. The third-order valence-corrected chi connectivity index (χ3v) is 4.10. The number of carbonyl (C=O) groups excluding carboxylic acids is 1. The molecule has 108 valence electrons. The van der Waals surface area contributed by atoms with Crippen molar-refractivity contribution in [3.63, 3.8) is 0 Å². The van der Waals surface area contributed by atoms with E-state index >= 15 is 0 Å². The van der Waals surface area contributed by atoms with Crippen LogP contribution in [0.5, 0.6) is 0 Å². The molecule has 0 amide bonds. The summed E-state index contributed by atoms with van der Waals surface area (Å²) in [4.78, 5) is 11.4. The molecule has 0 saturated heterocycles. The van der Waals surface area contributed by atoms with E-state index in [1.54, 1.807) is 6.92 Å². The third kappa shape index (κ3) is 4.30. The number of nitrogens with one attached hydrogen (secondary N) is 2. The summed E-state index contributed by atoms with van der Waals surface area (Å²) >= 11 is 5.35. The fourth-order valence-electron chi connectivity index (χ4n) is 2.57. The minimum atomic E-state index is 0.0637. The quantitative estimate of drug-likeness (QED) is 0.657. The van der Waals surface area contributed by atoms with Gasteiger partial charge in [0.1, 0.15) is 0 Å². The minimum absolute atomic E-state index is 0.0637. The molecule has 0 atom stereocenters. The van der Waals surface area contributed by atoms with Crippen LogP contribution >= 0.6 is 12.2 Å². The molecule has 0 aliphatic heterocycles. The molecule has 1 fully saturated rings. The number of ketones is 1. The van der Waals surface area contributed by atoms with Gasteiger partial charge in [-0.1, -0.05) is 19.1 Å². The van der Waals surface area contributed by atoms with E-state index < -0.39 is 0 Å². The fraction of sp³-hybridized carbons (Fsp3) is 0.500. The van der Waals surface area contributed by atoms with Crippen LogP contribution in [0.1, 0.15) is 49.9 Å². The van der Waals surface area contributed by atoms with Gasteiger partial charge in [0.25, 0.3) is 0 Å². The van der Waals surface area contributed by atoms with E-state index in [1.807, 2.05) is 24.3 Å². The predicted molar refractivity (Wildman–Crippen MR) is 87.2 cm³/mol. The Bertz CT molecular complexity index is 493. The summed E-state index contributed by atoms with van der Waals surface area (Å²) in [5.41, 5.74) is 1.56. The van der Waals surface area contributed by atoms with Crippen LogP contribution in [0.2, 0.25) is 0 Å². The van der Waals surface area contributed by atoms with Crippen LogP contribution in [0.15, 0.2) is 24.3 Å². The van der Waals surface area contributed by atoms with Gasteiger partial charge in [0.15, 0.2) is 10.9 Å². The van der Waals surface area contributed by atoms with Gasteiger partial charge in [-0.15, -0.1) is 0 Å². The summed E-state index contributed by atoms with van der Waals surface area (Å²) in [6.45, 7) is 3.87. The van der Waals surface area contributed by atoms with Crippen LogP contribution < -0.4 is 10.6 Å². The van der Waals surface area contributed by atoms with Crippen LogP contribution in [0.25, 0.3) is 0 Å². The Balaban J connectivity index is 1.88. The summed E-state index contributed by atoms with van der Waals surface area (Å²) in [5, 5.41) is 7.18. The Morgan fingerprint density at radius 2 is 1.95 bits per heavy atom. The minimum Gasteiger partial charge on any atom is -0.360 e. The highest BCUT2D eigenvalue weighted by Gasteiger charge is 2.18. The monoisotopic (exact) mass is 290 g/mol. The van der Waals surface area contributed by atoms with Gasteiger partial charge >= 0.3 is 0 Å². The first-order valence-corrected chi connectivity index (χ1v) is 7.64. The zero-order chi connectivity index (χ0) is 14.5. The maximum atomic E-state index is 11.4. The zero-order valence-electron chi connectivity index (χ0n) is 12.1. The number of thiocarbonyl (C=S) groups is 1. The normalized spacial score (nSPS) is 22.1. The molecule has 3 nitrogen and oxygen atoms in total. The molecule has 20 heavy (non-hydrogen) atoms. The van der Waals surface area contributed by atoms with Crippen molar-refractivity contribution >= 4 is 28.8 Å². The molecule has 1 aromatic rings. The van der Waals surface area contributed by atoms with Gasteiger partial charge in [0, 0.05) is 17.3 Å². The lowest BCUT2D eigenvalue weighted by molar-refractivity contribution is 0.101. The van der Waals surface area contributed by atoms with Crippen molar-refractivity contribution < 1.29 is 4.79 Å². The van der Waals surface area contributed by atoms with Crippen LogP contribution in [0.4, 0.5) is 5.69 Å². The number of benzene rings is 1. The molecular weight excluding hydrogens is 268 g/mol. The van der Waals surface area contributed by atoms with Crippen LogP contribution in [-0.4, -0.2) is 16.9 Å². The Labute approximate surface area is 126 Å². The molecule has 1 aliphatic carbocycles. The first kappa shape index (κ1) is 15.0. The number of Topliss-reactive ketones (excluding diaryl/α,β-unsaturated/α-hetero) is 1. The van der Waals surface area contributed by atoms with Crippen molar-refractivity contribution in [1.82, 2.24) is 5.32 Å². The van der Waals surface area contributed by atoms with Crippen molar-refractivity contribution in [2.45, 2.75) is 45.6 Å². The molecular formula is C16H22N2OS. The summed E-state index contributed by atoms with van der Waals surface area (Å²) < 4.78 is 0. The van der Waals surface area contributed by atoms with Gasteiger partial charge in [-0.25, -0.2) is 0 Å². The summed E-state index contributed by atoms with van der Waals surface area (Å²) in [5.74, 6) is 0.899. The van der Waals surface area contributed by atoms with Crippen molar-refractivity contribution in [1.29, 1.82) is 0 Å². The highest BCUT2D eigenvalue weighted by atomic mass is 32.1. The van der Waals surface area contributed by atoms with Crippen molar-refractivity contribution in [3.8, 4) is 0 Å². The van der Waals surface area contributed by atoms with Crippen LogP contribution in [0.3, 0.4) is 0 Å². The van der Waals surface area contributed by atoms with Gasteiger partial charge in [-0.2, -0.15) is 0 Å². The van der Waals surface area contributed by atoms with Crippen molar-refractivity contribution in [3.05, 3.63) is 29.8 Å². The van der Waals surface area contributed by atoms with Crippen molar-refractivity contribution in [2.75, 3.05) is 5.32 Å². The highest BCUT2D eigenvalue weighted by Crippen LogP contribution is 2.23. The van der Waals surface area contributed by atoms with E-state index in [1.165, 1.54) is 25.7 Å². The second kappa shape index (κ2) is 6.84. The van der Waals surface area contributed by atoms with Crippen molar-refractivity contribution in [2.24, 2.45) is 5.92 Å². The van der Waals surface area contributed by atoms with E-state index in [9.17, 15) is 4.79 Å². The zero-order valence-corrected chi connectivity index (χ0v) is 12.9. The summed E-state index contributed by atoms with van der Waals surface area (Å²) in [7, 11) is 0. The molecule has 1 saturated carbocycles. The summed E-state index contributed by atoms with van der Waals surface area (Å²) in [6, 6.07) is 7.90. The van der Waals surface area contributed by atoms with Gasteiger partial charge < -0.3 is 10.6 Å². The molecule has 0 unspecified atom stereocenters. The maximum Gasteiger partial charge on any atom is 0.170 e. The SMILES string of the molecule is CC(=O)c1cccc(NC(=S)NC2CCC(C)CC2)c1. The maximum absolute atomic E-state index is 11.4. The van der Waals surface area contributed by atoms with E-state index in [-0.39, 0.29) is 5.78 Å². The fourth-order valence-corrected chi connectivity index (χ4v) is 2.86. The molecule has 1 aromatic carbocycles. The van der Waals surface area contributed by atoms with E-state index in [4.69, 9.17) is 12.2 Å². The average molecular weight is 290 g/mol. The largest absolute Gasteiger partial charge is 0.360 e. The molecule has 0 heterocycles. The Morgan fingerprint density at radius 1 is 1.25 bits per heavy atom. The van der Waals surface area contributed by atoms with Crippen LogP contribution in [-0.2, 0) is 0 Å². The average Bonchev–Trinajstić information content (AvgIpc) is 2.41. The number of rotatable bonds is 3. The molecule has 1 aliphatic rings. The Hall–Kier alpha value is -1.42. The molecule has 0 spiro atoms. The third-order valence-electron chi connectivity index (χ3n) is 3.88. The van der Waals surface area contributed by atoms with Gasteiger partial charge in [0.2, 0.25) is 0 Å². The number of carbonyl (C=O) groups is 1. The van der Waals surface area contributed by atoms with Crippen LogP contribution in [0, 0.1) is 5.92 Å². The molecule has 4 heteroatoms.